The van der Waals surface area contributed by atoms with E-state index in [1.54, 1.807) is 4.90 Å². The Morgan fingerprint density at radius 1 is 1.11 bits per heavy atom. The van der Waals surface area contributed by atoms with Crippen molar-refractivity contribution in [1.82, 2.24) is 10.2 Å². The van der Waals surface area contributed by atoms with Crippen molar-refractivity contribution < 1.29 is 17.9 Å². The molecule has 0 saturated carbocycles. The first-order valence-electron chi connectivity index (χ1n) is 6.67. The molecule has 3 nitrogen and oxygen atoms in total. The van der Waals surface area contributed by atoms with Crippen LogP contribution in [0.1, 0.15) is 25.7 Å². The molecule has 2 aliphatic rings. The van der Waals surface area contributed by atoms with E-state index in [2.05, 4.69) is 5.32 Å². The summed E-state index contributed by atoms with van der Waals surface area (Å²) in [5.41, 5.74) is 0. The van der Waals surface area contributed by atoms with Crippen molar-refractivity contribution in [3.05, 3.63) is 0 Å². The van der Waals surface area contributed by atoms with Crippen LogP contribution in [-0.2, 0) is 4.74 Å². The van der Waals surface area contributed by atoms with Crippen LogP contribution in [0.4, 0.5) is 13.2 Å². The summed E-state index contributed by atoms with van der Waals surface area (Å²) < 4.78 is 43.5. The highest BCUT2D eigenvalue weighted by molar-refractivity contribution is 4.85. The van der Waals surface area contributed by atoms with Gasteiger partial charge in [-0.1, -0.05) is 0 Å². The Morgan fingerprint density at radius 2 is 1.83 bits per heavy atom. The number of ether oxygens (including phenoxy) is 1. The molecule has 0 spiro atoms. The molecule has 106 valence electrons. The first kappa shape index (κ1) is 14.1. The van der Waals surface area contributed by atoms with Gasteiger partial charge in [0.2, 0.25) is 0 Å². The van der Waals surface area contributed by atoms with Crippen molar-refractivity contribution in [3.8, 4) is 0 Å². The molecule has 0 aromatic heterocycles. The largest absolute Gasteiger partial charge is 0.401 e. The van der Waals surface area contributed by atoms with Gasteiger partial charge in [0, 0.05) is 18.7 Å². The van der Waals surface area contributed by atoms with Crippen LogP contribution in [0.3, 0.4) is 0 Å². The van der Waals surface area contributed by atoms with E-state index in [4.69, 9.17) is 4.74 Å². The Hall–Kier alpha value is -0.330. The van der Waals surface area contributed by atoms with Crippen molar-refractivity contribution >= 4 is 0 Å². The molecule has 2 fully saturated rings. The molecule has 0 aromatic carbocycles. The monoisotopic (exact) mass is 266 g/mol. The van der Waals surface area contributed by atoms with Gasteiger partial charge in [0.05, 0.1) is 13.2 Å². The fourth-order valence-electron chi connectivity index (χ4n) is 2.89. The first-order valence-corrected chi connectivity index (χ1v) is 6.67. The van der Waals surface area contributed by atoms with E-state index in [0.29, 0.717) is 13.2 Å². The number of hydrogen-bond donors (Lipinski definition) is 1. The summed E-state index contributed by atoms with van der Waals surface area (Å²) in [5, 5.41) is 3.20. The maximum absolute atomic E-state index is 12.7. The molecule has 2 rings (SSSR count). The molecule has 0 aromatic rings. The van der Waals surface area contributed by atoms with E-state index >= 15 is 0 Å². The zero-order valence-corrected chi connectivity index (χ0v) is 10.5. The van der Waals surface area contributed by atoms with Crippen LogP contribution in [0.5, 0.6) is 0 Å². The molecule has 0 aliphatic carbocycles. The highest BCUT2D eigenvalue weighted by atomic mass is 19.4. The fourth-order valence-corrected chi connectivity index (χ4v) is 2.89. The fraction of sp³-hybridized carbons (Fsp3) is 1.00. The molecule has 6 heteroatoms. The summed E-state index contributed by atoms with van der Waals surface area (Å²) in [6.07, 6.45) is -0.842. The number of hydrogen-bond acceptors (Lipinski definition) is 3. The molecule has 1 unspecified atom stereocenters. The third kappa shape index (κ3) is 4.10. The smallest absolute Gasteiger partial charge is 0.380 e. The Bertz CT molecular complexity index is 230. The summed E-state index contributed by atoms with van der Waals surface area (Å²) in [6, 6.07) is -0.0250. The van der Waals surface area contributed by atoms with Crippen molar-refractivity contribution in [2.75, 3.05) is 32.8 Å². The zero-order chi connectivity index (χ0) is 13.0. The number of rotatable bonds is 3. The van der Waals surface area contributed by atoms with Crippen LogP contribution in [0.15, 0.2) is 0 Å². The lowest BCUT2D eigenvalue weighted by Crippen LogP contribution is -2.53. The summed E-state index contributed by atoms with van der Waals surface area (Å²) in [6.45, 7) is 1.95. The summed E-state index contributed by atoms with van der Waals surface area (Å²) >= 11 is 0. The Morgan fingerprint density at radius 3 is 2.39 bits per heavy atom. The normalized spacial score (nSPS) is 27.7. The molecule has 2 heterocycles. The summed E-state index contributed by atoms with van der Waals surface area (Å²) in [5.74, 6) is 0. The highest BCUT2D eigenvalue weighted by Crippen LogP contribution is 2.26. The molecule has 1 atom stereocenters. The van der Waals surface area contributed by atoms with Crippen LogP contribution < -0.4 is 5.32 Å². The number of piperidine rings is 1. The highest BCUT2D eigenvalue weighted by Gasteiger charge is 2.38. The summed E-state index contributed by atoms with van der Waals surface area (Å²) in [7, 11) is 0. The van der Waals surface area contributed by atoms with E-state index < -0.39 is 12.7 Å². The summed E-state index contributed by atoms with van der Waals surface area (Å²) in [4.78, 5) is 1.64. The molecule has 0 amide bonds. The zero-order valence-electron chi connectivity index (χ0n) is 10.5. The molecule has 0 bridgehead atoms. The third-order valence-corrected chi connectivity index (χ3v) is 3.74. The van der Waals surface area contributed by atoms with Crippen molar-refractivity contribution in [2.45, 2.75) is 43.9 Å². The van der Waals surface area contributed by atoms with Gasteiger partial charge in [0.25, 0.3) is 0 Å². The second-order valence-corrected chi connectivity index (χ2v) is 5.14. The predicted molar refractivity (Wildman–Crippen MR) is 62.5 cm³/mol. The Balaban J connectivity index is 2.00. The molecule has 0 radical (unpaired) electrons. The lowest BCUT2D eigenvalue weighted by molar-refractivity contribution is -0.164. The maximum Gasteiger partial charge on any atom is 0.401 e. The van der Waals surface area contributed by atoms with Gasteiger partial charge in [-0.25, -0.2) is 0 Å². The number of alkyl halides is 3. The lowest BCUT2D eigenvalue weighted by atomic mass is 9.99. The topological polar surface area (TPSA) is 24.5 Å². The van der Waals surface area contributed by atoms with Crippen molar-refractivity contribution in [3.63, 3.8) is 0 Å². The van der Waals surface area contributed by atoms with E-state index in [0.717, 1.165) is 38.8 Å². The minimum Gasteiger partial charge on any atom is -0.380 e. The minimum atomic E-state index is -4.12. The van der Waals surface area contributed by atoms with E-state index in [9.17, 15) is 13.2 Å². The molecule has 18 heavy (non-hydrogen) atoms. The van der Waals surface area contributed by atoms with E-state index in [1.165, 1.54) is 0 Å². The van der Waals surface area contributed by atoms with Gasteiger partial charge in [0.15, 0.2) is 0 Å². The lowest BCUT2D eigenvalue weighted by Gasteiger charge is -2.41. The number of halogens is 3. The Labute approximate surface area is 106 Å². The van der Waals surface area contributed by atoms with Crippen molar-refractivity contribution in [1.29, 1.82) is 0 Å². The number of nitrogens with zero attached hydrogens (tertiary/aromatic N) is 1. The van der Waals surface area contributed by atoms with Gasteiger partial charge in [-0.05, 0) is 38.8 Å². The average Bonchev–Trinajstić information content (AvgIpc) is 2.37. The maximum atomic E-state index is 12.7. The van der Waals surface area contributed by atoms with Crippen LogP contribution in [-0.4, -0.2) is 56.0 Å². The SMILES string of the molecule is FC(F)(F)CN(C1CCNCC1)C1CCCOC1. The molecule has 2 saturated heterocycles. The molecular weight excluding hydrogens is 245 g/mol. The molecule has 1 N–H and O–H groups in total. The van der Waals surface area contributed by atoms with Crippen LogP contribution >= 0.6 is 0 Å². The first-order chi connectivity index (χ1) is 8.56. The average molecular weight is 266 g/mol. The van der Waals surface area contributed by atoms with Crippen LogP contribution in [0.2, 0.25) is 0 Å². The van der Waals surface area contributed by atoms with Crippen LogP contribution in [0, 0.1) is 0 Å². The van der Waals surface area contributed by atoms with Gasteiger partial charge >= 0.3 is 6.18 Å². The van der Waals surface area contributed by atoms with E-state index in [-0.39, 0.29) is 12.1 Å². The van der Waals surface area contributed by atoms with Gasteiger partial charge in [0.1, 0.15) is 0 Å². The predicted octanol–water partition coefficient (Wildman–Crippen LogP) is 1.78. The van der Waals surface area contributed by atoms with Gasteiger partial charge < -0.3 is 10.1 Å². The van der Waals surface area contributed by atoms with Crippen molar-refractivity contribution in [2.24, 2.45) is 0 Å². The van der Waals surface area contributed by atoms with Crippen LogP contribution in [0.25, 0.3) is 0 Å². The molecule has 2 aliphatic heterocycles. The number of nitrogens with one attached hydrogen (secondary N) is 1. The third-order valence-electron chi connectivity index (χ3n) is 3.74. The van der Waals surface area contributed by atoms with Gasteiger partial charge in [-0.2, -0.15) is 13.2 Å². The minimum absolute atomic E-state index is 0.0413. The van der Waals surface area contributed by atoms with Gasteiger partial charge in [-0.3, -0.25) is 4.90 Å². The standard InChI is InChI=1S/C12H21F3N2O/c13-12(14,15)9-17(10-3-5-16-6-4-10)11-2-1-7-18-8-11/h10-11,16H,1-9H2. The van der Waals surface area contributed by atoms with Gasteiger partial charge in [-0.15, -0.1) is 0 Å². The quantitative estimate of drug-likeness (QED) is 0.842. The Kier molecular flexibility index (Phi) is 4.86. The second-order valence-electron chi connectivity index (χ2n) is 5.14. The molecular formula is C12H21F3N2O. The second kappa shape index (κ2) is 6.21. The van der Waals surface area contributed by atoms with E-state index in [1.807, 2.05) is 0 Å².